The molecule has 0 N–H and O–H groups in total. The molecule has 2 nitrogen and oxygen atoms in total. The van der Waals surface area contributed by atoms with Gasteiger partial charge in [-0.15, -0.1) is 0 Å². The molecule has 2 aliphatic heterocycles. The fourth-order valence-corrected chi connectivity index (χ4v) is 9.77. The molecule has 3 aliphatic rings. The van der Waals surface area contributed by atoms with Crippen LogP contribution in [0.5, 0.6) is 0 Å². The second kappa shape index (κ2) is 12.3. The lowest BCUT2D eigenvalue weighted by Crippen LogP contribution is -2.61. The zero-order chi connectivity index (χ0) is 35.8. The van der Waals surface area contributed by atoms with E-state index in [9.17, 15) is 0 Å². The number of rotatable bonds is 7. The van der Waals surface area contributed by atoms with Gasteiger partial charge >= 0.3 is 6.85 Å². The van der Waals surface area contributed by atoms with E-state index in [1.165, 1.54) is 110 Å². The number of benzene rings is 6. The standard InChI is InChI=1S/C49H49BN2/c1-7-8-9-11-21-34-29-37-36-31-40-41(49(5,6)39-25-16-15-24-38(39)48(40,3)4)32-45(36)52(43-27-18-14-20-33(43)2)50-42-26-17-19-28-44(42)51(46(30-34)47(37)50)35-22-12-10-13-23-35/h10,12-20,22-32H,7-9,11,21H2,1-6H3. The molecule has 2 heterocycles. The summed E-state index contributed by atoms with van der Waals surface area (Å²) >= 11 is 0. The molecule has 0 radical (unpaired) electrons. The van der Waals surface area contributed by atoms with E-state index in [0.29, 0.717) is 0 Å². The number of unbranched alkanes of at least 4 members (excludes halogenated alkanes) is 3. The molecule has 6 aromatic rings. The number of fused-ring (bicyclic) bond motifs is 6. The van der Waals surface area contributed by atoms with Gasteiger partial charge in [-0.05, 0) is 112 Å². The van der Waals surface area contributed by atoms with Gasteiger partial charge in [0, 0.05) is 44.8 Å². The maximum Gasteiger partial charge on any atom is 0.333 e. The Morgan fingerprint density at radius 2 is 1.17 bits per heavy atom. The summed E-state index contributed by atoms with van der Waals surface area (Å²) in [7, 11) is 0. The van der Waals surface area contributed by atoms with Crippen molar-refractivity contribution in [3.63, 3.8) is 0 Å². The van der Waals surface area contributed by atoms with Crippen molar-refractivity contribution in [3.8, 4) is 11.1 Å². The maximum absolute atomic E-state index is 2.70. The Kier molecular flexibility index (Phi) is 7.77. The van der Waals surface area contributed by atoms with Gasteiger partial charge in [-0.25, -0.2) is 0 Å². The summed E-state index contributed by atoms with van der Waals surface area (Å²) in [6.45, 7) is 14.3. The minimum atomic E-state index is -0.144. The molecule has 0 fully saturated rings. The van der Waals surface area contributed by atoms with Crippen molar-refractivity contribution in [2.45, 2.75) is 84.5 Å². The molecule has 52 heavy (non-hydrogen) atoms. The average molecular weight is 677 g/mol. The van der Waals surface area contributed by atoms with Crippen LogP contribution in [0.3, 0.4) is 0 Å². The molecule has 0 atom stereocenters. The van der Waals surface area contributed by atoms with Gasteiger partial charge in [-0.1, -0.05) is 139 Å². The summed E-state index contributed by atoms with van der Waals surface area (Å²) in [5.41, 5.74) is 20.0. The predicted molar refractivity (Wildman–Crippen MR) is 223 cm³/mol. The van der Waals surface area contributed by atoms with Gasteiger partial charge in [0.05, 0.1) is 0 Å². The van der Waals surface area contributed by atoms with E-state index in [-0.39, 0.29) is 17.7 Å². The molecule has 9 rings (SSSR count). The van der Waals surface area contributed by atoms with Gasteiger partial charge < -0.3 is 9.71 Å². The number of hydrogen-bond donors (Lipinski definition) is 0. The van der Waals surface area contributed by atoms with E-state index in [0.717, 1.165) is 6.42 Å². The topological polar surface area (TPSA) is 6.48 Å². The van der Waals surface area contributed by atoms with E-state index in [4.69, 9.17) is 0 Å². The number of anilines is 5. The molecule has 0 saturated heterocycles. The molecule has 3 heteroatoms. The van der Waals surface area contributed by atoms with Crippen molar-refractivity contribution in [2.24, 2.45) is 0 Å². The zero-order valence-corrected chi connectivity index (χ0v) is 31.6. The summed E-state index contributed by atoms with van der Waals surface area (Å²) in [6, 6.07) is 48.6. The Morgan fingerprint density at radius 1 is 0.538 bits per heavy atom. The summed E-state index contributed by atoms with van der Waals surface area (Å²) in [5.74, 6) is 0. The van der Waals surface area contributed by atoms with Crippen molar-refractivity contribution in [3.05, 3.63) is 161 Å². The number of aryl methyl sites for hydroxylation is 2. The maximum atomic E-state index is 2.70. The quantitative estimate of drug-likeness (QED) is 0.123. The van der Waals surface area contributed by atoms with Crippen molar-refractivity contribution in [1.29, 1.82) is 0 Å². The van der Waals surface area contributed by atoms with Gasteiger partial charge in [-0.2, -0.15) is 0 Å². The minimum Gasteiger partial charge on any atom is -0.376 e. The second-order valence-electron chi connectivity index (χ2n) is 16.4. The van der Waals surface area contributed by atoms with Crippen molar-refractivity contribution in [1.82, 2.24) is 0 Å². The summed E-state index contributed by atoms with van der Waals surface area (Å²) in [4.78, 5) is 5.24. The van der Waals surface area contributed by atoms with Gasteiger partial charge in [0.15, 0.2) is 0 Å². The number of hydrogen-bond acceptors (Lipinski definition) is 2. The Morgan fingerprint density at radius 3 is 1.88 bits per heavy atom. The third kappa shape index (κ3) is 4.85. The van der Waals surface area contributed by atoms with Crippen molar-refractivity contribution >= 4 is 46.2 Å². The second-order valence-corrected chi connectivity index (χ2v) is 16.4. The van der Waals surface area contributed by atoms with Crippen molar-refractivity contribution < 1.29 is 0 Å². The Labute approximate surface area is 311 Å². The van der Waals surface area contributed by atoms with Gasteiger partial charge in [0.2, 0.25) is 0 Å². The van der Waals surface area contributed by atoms with E-state index in [1.54, 1.807) is 0 Å². The molecule has 0 amide bonds. The normalized spacial score (nSPS) is 15.7. The van der Waals surface area contributed by atoms with E-state index >= 15 is 0 Å². The molecular formula is C49H49BN2. The molecule has 0 saturated carbocycles. The Balaban J connectivity index is 1.39. The Bertz CT molecular complexity index is 2330. The highest BCUT2D eigenvalue weighted by Crippen LogP contribution is 2.55. The lowest BCUT2D eigenvalue weighted by atomic mass is 9.43. The molecule has 0 bridgehead atoms. The van der Waals surface area contributed by atoms with Crippen LogP contribution >= 0.6 is 0 Å². The van der Waals surface area contributed by atoms with Crippen LogP contribution in [0.4, 0.5) is 28.4 Å². The van der Waals surface area contributed by atoms with Crippen LogP contribution in [0, 0.1) is 6.92 Å². The van der Waals surface area contributed by atoms with Crippen LogP contribution in [0.2, 0.25) is 0 Å². The highest BCUT2D eigenvalue weighted by Gasteiger charge is 2.48. The first-order valence-corrected chi connectivity index (χ1v) is 19.5. The van der Waals surface area contributed by atoms with E-state index in [1.807, 2.05) is 0 Å². The monoisotopic (exact) mass is 676 g/mol. The Hall–Kier alpha value is -5.02. The van der Waals surface area contributed by atoms with Crippen LogP contribution in [0.15, 0.2) is 127 Å². The van der Waals surface area contributed by atoms with E-state index < -0.39 is 0 Å². The first kappa shape index (κ1) is 32.9. The summed E-state index contributed by atoms with van der Waals surface area (Å²) in [6.07, 6.45) is 6.10. The molecular weight excluding hydrogens is 627 g/mol. The van der Waals surface area contributed by atoms with Crippen LogP contribution in [0.1, 0.15) is 93.7 Å². The molecule has 1 aliphatic carbocycles. The van der Waals surface area contributed by atoms with Gasteiger partial charge in [0.25, 0.3) is 0 Å². The number of nitrogens with zero attached hydrogens (tertiary/aromatic N) is 2. The average Bonchev–Trinajstić information content (AvgIpc) is 3.16. The third-order valence-corrected chi connectivity index (χ3v) is 12.5. The molecule has 0 aromatic heterocycles. The van der Waals surface area contributed by atoms with Crippen LogP contribution in [-0.2, 0) is 17.3 Å². The van der Waals surface area contributed by atoms with Gasteiger partial charge in [-0.3, -0.25) is 0 Å². The smallest absolute Gasteiger partial charge is 0.333 e. The lowest BCUT2D eigenvalue weighted by Gasteiger charge is -2.49. The van der Waals surface area contributed by atoms with Crippen molar-refractivity contribution in [2.75, 3.05) is 9.71 Å². The summed E-state index contributed by atoms with van der Waals surface area (Å²) in [5, 5.41) is 0. The van der Waals surface area contributed by atoms with E-state index in [2.05, 4.69) is 179 Å². The fourth-order valence-electron chi connectivity index (χ4n) is 9.77. The molecule has 0 unspecified atom stereocenters. The molecule has 6 aromatic carbocycles. The molecule has 0 spiro atoms. The molecule has 258 valence electrons. The third-order valence-electron chi connectivity index (χ3n) is 12.5. The lowest BCUT2D eigenvalue weighted by molar-refractivity contribution is 0.521. The number of para-hydroxylation sites is 3. The first-order chi connectivity index (χ1) is 25.2. The van der Waals surface area contributed by atoms with Crippen LogP contribution < -0.4 is 20.6 Å². The largest absolute Gasteiger partial charge is 0.376 e. The predicted octanol–water partition coefficient (Wildman–Crippen LogP) is 11.8. The SMILES string of the molecule is CCCCCCc1cc2c3c(c1)N(c1ccccc1)c1ccccc1B3N(c1ccccc1C)c1cc3c(cc1-2)C(C)(C)c1ccccc1C3(C)C. The highest BCUT2D eigenvalue weighted by molar-refractivity contribution is 6.93. The minimum absolute atomic E-state index is 0.0222. The zero-order valence-electron chi connectivity index (χ0n) is 31.6. The fraction of sp³-hybridized carbons (Fsp3) is 0.265. The van der Waals surface area contributed by atoms with Crippen LogP contribution in [-0.4, -0.2) is 6.85 Å². The van der Waals surface area contributed by atoms with Gasteiger partial charge in [0.1, 0.15) is 0 Å². The summed E-state index contributed by atoms with van der Waals surface area (Å²) < 4.78 is 0. The first-order valence-electron chi connectivity index (χ1n) is 19.5. The highest BCUT2D eigenvalue weighted by atomic mass is 15.2. The van der Waals surface area contributed by atoms with Crippen LogP contribution in [0.25, 0.3) is 11.1 Å².